The van der Waals surface area contributed by atoms with Crippen LogP contribution >= 0.6 is 0 Å². The van der Waals surface area contributed by atoms with Gasteiger partial charge in [0.15, 0.2) is 0 Å². The van der Waals surface area contributed by atoms with Gasteiger partial charge in [0.2, 0.25) is 29.5 Å². The third-order valence-corrected chi connectivity index (χ3v) is 8.15. The maximum absolute atomic E-state index is 13.6. The lowest BCUT2D eigenvalue weighted by molar-refractivity contribution is -0.143. The van der Waals surface area contributed by atoms with Crippen LogP contribution in [0.2, 0.25) is 0 Å². The Morgan fingerprint density at radius 3 is 2.38 bits per heavy atom. The first kappa shape index (κ1) is 28.5. The highest BCUT2D eigenvalue weighted by Gasteiger charge is 2.47. The van der Waals surface area contributed by atoms with E-state index in [0.717, 1.165) is 5.56 Å². The molecule has 7 atom stereocenters. The second-order valence-electron chi connectivity index (χ2n) is 10.9. The summed E-state index contributed by atoms with van der Waals surface area (Å²) in [4.78, 5) is 70.0. The van der Waals surface area contributed by atoms with Gasteiger partial charge in [0.1, 0.15) is 24.3 Å². The van der Waals surface area contributed by atoms with Crippen molar-refractivity contribution in [3.05, 3.63) is 35.9 Å². The van der Waals surface area contributed by atoms with Gasteiger partial charge in [-0.1, -0.05) is 50.6 Å². The van der Waals surface area contributed by atoms with E-state index in [9.17, 15) is 24.0 Å². The fourth-order valence-electron chi connectivity index (χ4n) is 5.78. The number of nitrogens with one attached hydrogen (secondary N) is 4. The molecular formula is C28H40N6O5. The molecule has 3 aliphatic heterocycles. The van der Waals surface area contributed by atoms with E-state index < -0.39 is 54.1 Å². The quantitative estimate of drug-likeness (QED) is 0.421. The van der Waals surface area contributed by atoms with Gasteiger partial charge >= 0.3 is 0 Å². The molecule has 39 heavy (non-hydrogen) atoms. The van der Waals surface area contributed by atoms with Gasteiger partial charge < -0.3 is 25.8 Å². The number of nitrogens with zero attached hydrogens (tertiary/aromatic N) is 2. The zero-order chi connectivity index (χ0) is 28.3. The molecule has 0 aromatic heterocycles. The van der Waals surface area contributed by atoms with E-state index in [-0.39, 0.29) is 30.7 Å². The molecule has 11 heteroatoms. The second kappa shape index (κ2) is 12.1. The largest absolute Gasteiger partial charge is 0.348 e. The average Bonchev–Trinajstić information content (AvgIpc) is 3.52. The van der Waals surface area contributed by atoms with Crippen LogP contribution in [-0.2, 0) is 30.4 Å². The van der Waals surface area contributed by atoms with Gasteiger partial charge in [-0.2, -0.15) is 0 Å². The van der Waals surface area contributed by atoms with Crippen LogP contribution in [0.3, 0.4) is 0 Å². The Bertz CT molecular complexity index is 1100. The summed E-state index contributed by atoms with van der Waals surface area (Å²) in [6, 6.07) is 5.81. The summed E-state index contributed by atoms with van der Waals surface area (Å²) >= 11 is 0. The molecule has 1 unspecified atom stereocenters. The van der Waals surface area contributed by atoms with Gasteiger partial charge in [-0.3, -0.25) is 29.3 Å². The van der Waals surface area contributed by atoms with E-state index >= 15 is 0 Å². The Labute approximate surface area is 229 Å². The van der Waals surface area contributed by atoms with Crippen molar-refractivity contribution in [2.24, 2.45) is 5.92 Å². The minimum absolute atomic E-state index is 0.203. The summed E-state index contributed by atoms with van der Waals surface area (Å²) in [5, 5.41) is 11.8. The molecule has 4 rings (SSSR count). The molecule has 0 spiro atoms. The van der Waals surface area contributed by atoms with Crippen LogP contribution in [0, 0.1) is 5.92 Å². The molecule has 11 nitrogen and oxygen atoms in total. The van der Waals surface area contributed by atoms with Crippen LogP contribution in [0.4, 0.5) is 0 Å². The standard InChI is InChI=1S/C28H40N6O5/c1-5-16(2)23-27(38)29-15-22(35)33-13-9-12-21(33)26(37)32-20(14-19-10-7-6-8-11-19)25(36)31-17(3)24-30-18(4)28(39)34(23)24/h6-8,10-11,16-18,20-21,23-24,30H,5,9,12-15H2,1-4H3,(H,29,38)(H,31,36)(H,32,37)/t16?,17-,18-,20-,21-,23-,24+/m0/s1. The monoisotopic (exact) mass is 540 g/mol. The van der Waals surface area contributed by atoms with Gasteiger partial charge in [-0.25, -0.2) is 0 Å². The van der Waals surface area contributed by atoms with Crippen LogP contribution in [0.25, 0.3) is 0 Å². The normalized spacial score (nSPS) is 31.4. The van der Waals surface area contributed by atoms with Crippen molar-refractivity contribution in [1.82, 2.24) is 31.1 Å². The van der Waals surface area contributed by atoms with E-state index in [4.69, 9.17) is 0 Å². The molecule has 5 amide bonds. The molecule has 3 saturated heterocycles. The highest BCUT2D eigenvalue weighted by molar-refractivity contribution is 5.96. The predicted molar refractivity (Wildman–Crippen MR) is 144 cm³/mol. The Balaban J connectivity index is 1.71. The molecule has 1 aromatic rings. The first-order valence-corrected chi connectivity index (χ1v) is 13.9. The molecular weight excluding hydrogens is 500 g/mol. The summed E-state index contributed by atoms with van der Waals surface area (Å²) in [6.45, 7) is 7.46. The summed E-state index contributed by atoms with van der Waals surface area (Å²) < 4.78 is 0. The molecule has 3 fully saturated rings. The maximum atomic E-state index is 13.6. The zero-order valence-corrected chi connectivity index (χ0v) is 23.1. The smallest absolute Gasteiger partial charge is 0.243 e. The Hall–Kier alpha value is -3.47. The maximum Gasteiger partial charge on any atom is 0.243 e. The minimum Gasteiger partial charge on any atom is -0.348 e. The molecule has 0 aliphatic carbocycles. The van der Waals surface area contributed by atoms with Crippen LogP contribution in [0.5, 0.6) is 0 Å². The lowest BCUT2D eigenvalue weighted by Crippen LogP contribution is -2.62. The van der Waals surface area contributed by atoms with Crippen molar-refractivity contribution in [2.45, 2.75) is 89.8 Å². The average molecular weight is 541 g/mol. The number of carbonyl (C=O) groups excluding carboxylic acids is 5. The topological polar surface area (TPSA) is 140 Å². The van der Waals surface area contributed by atoms with E-state index in [1.165, 1.54) is 9.80 Å². The Morgan fingerprint density at radius 1 is 0.974 bits per heavy atom. The van der Waals surface area contributed by atoms with Crippen LogP contribution in [0.15, 0.2) is 30.3 Å². The molecule has 212 valence electrons. The third kappa shape index (κ3) is 6.08. The van der Waals surface area contributed by atoms with Crippen molar-refractivity contribution < 1.29 is 24.0 Å². The van der Waals surface area contributed by atoms with Gasteiger partial charge in [0, 0.05) is 13.0 Å². The minimum atomic E-state index is -0.891. The number of hydrogen-bond donors (Lipinski definition) is 4. The van der Waals surface area contributed by atoms with Crippen LogP contribution < -0.4 is 21.3 Å². The number of fused-ring (bicyclic) bond motifs is 2. The summed E-state index contributed by atoms with van der Waals surface area (Å²) in [5.41, 5.74) is 0.874. The van der Waals surface area contributed by atoms with E-state index in [1.54, 1.807) is 13.8 Å². The third-order valence-electron chi connectivity index (χ3n) is 8.15. The fraction of sp³-hybridized carbons (Fsp3) is 0.607. The highest BCUT2D eigenvalue weighted by atomic mass is 16.2. The lowest BCUT2D eigenvalue weighted by atomic mass is 9.95. The number of carbonyl (C=O) groups is 5. The first-order chi connectivity index (χ1) is 18.6. The van der Waals surface area contributed by atoms with Gasteiger partial charge in [-0.15, -0.1) is 0 Å². The van der Waals surface area contributed by atoms with Crippen molar-refractivity contribution in [3.63, 3.8) is 0 Å². The van der Waals surface area contributed by atoms with Gasteiger partial charge in [-0.05, 0) is 38.2 Å². The Morgan fingerprint density at radius 2 is 1.69 bits per heavy atom. The highest BCUT2D eigenvalue weighted by Crippen LogP contribution is 2.25. The summed E-state index contributed by atoms with van der Waals surface area (Å²) in [5.74, 6) is -2.04. The first-order valence-electron chi connectivity index (χ1n) is 13.9. The van der Waals surface area contributed by atoms with Crippen molar-refractivity contribution in [3.8, 4) is 0 Å². The predicted octanol–water partition coefficient (Wildman–Crippen LogP) is -0.0995. The van der Waals surface area contributed by atoms with E-state index in [0.29, 0.717) is 25.8 Å². The van der Waals surface area contributed by atoms with E-state index in [1.807, 2.05) is 44.2 Å². The Kier molecular flexibility index (Phi) is 8.89. The van der Waals surface area contributed by atoms with Crippen molar-refractivity contribution in [1.29, 1.82) is 0 Å². The lowest BCUT2D eigenvalue weighted by Gasteiger charge is -2.38. The number of hydrogen-bond acceptors (Lipinski definition) is 6. The van der Waals surface area contributed by atoms with Crippen LogP contribution in [0.1, 0.15) is 52.5 Å². The van der Waals surface area contributed by atoms with E-state index in [2.05, 4.69) is 21.3 Å². The molecule has 3 heterocycles. The van der Waals surface area contributed by atoms with Crippen molar-refractivity contribution >= 4 is 29.5 Å². The number of benzene rings is 1. The molecule has 4 N–H and O–H groups in total. The fourth-order valence-corrected chi connectivity index (χ4v) is 5.78. The SMILES string of the molecule is CCC(C)[C@H]1C(=O)NCC(=O)N2CCC[C@H]2C(=O)N[C@@H](Cc2ccccc2)C(=O)N[C@@H](C)[C@@H]2N[C@@H](C)C(=O)N12. The number of amides is 5. The summed E-state index contributed by atoms with van der Waals surface area (Å²) in [6.07, 6.45) is 1.36. The zero-order valence-electron chi connectivity index (χ0n) is 23.1. The summed E-state index contributed by atoms with van der Waals surface area (Å²) in [7, 11) is 0. The van der Waals surface area contributed by atoms with Crippen LogP contribution in [-0.4, -0.2) is 88.8 Å². The molecule has 0 radical (unpaired) electrons. The molecule has 1 aromatic carbocycles. The number of rotatable bonds is 4. The molecule has 0 saturated carbocycles. The second-order valence-corrected chi connectivity index (χ2v) is 10.9. The molecule has 3 aliphatic rings. The van der Waals surface area contributed by atoms with Gasteiger partial charge in [0.25, 0.3) is 0 Å². The molecule has 0 bridgehead atoms. The van der Waals surface area contributed by atoms with Gasteiger partial charge in [0.05, 0.1) is 18.6 Å². The van der Waals surface area contributed by atoms with Crippen molar-refractivity contribution in [2.75, 3.05) is 13.1 Å².